The van der Waals surface area contributed by atoms with Crippen molar-refractivity contribution in [2.24, 2.45) is 0 Å². The maximum Gasteiger partial charge on any atom is -1.00 e. The minimum atomic E-state index is -0.158. The Labute approximate surface area is 268 Å². The first-order chi connectivity index (χ1) is 18.7. The van der Waals surface area contributed by atoms with Gasteiger partial charge in [-0.05, 0) is 0 Å². The first-order valence-electron chi connectivity index (χ1n) is 15.4. The van der Waals surface area contributed by atoms with Crippen LogP contribution in [0.2, 0.25) is 0 Å². The average Bonchev–Trinajstić information content (AvgIpc) is 3.15. The zero-order chi connectivity index (χ0) is 30.7. The molecule has 0 amide bonds. The van der Waals surface area contributed by atoms with Crippen molar-refractivity contribution >= 4 is 12.4 Å². The van der Waals surface area contributed by atoms with Crippen molar-refractivity contribution < 1.29 is 45.2 Å². The van der Waals surface area contributed by atoms with Crippen LogP contribution in [0.4, 0.5) is 0 Å². The summed E-state index contributed by atoms with van der Waals surface area (Å²) in [5, 5.41) is 23.0. The number of hydrogen-bond donors (Lipinski definition) is 2. The Bertz CT molecular complexity index is 1280. The summed E-state index contributed by atoms with van der Waals surface area (Å²) in [6, 6.07) is 9.56. The van der Waals surface area contributed by atoms with E-state index in [1.165, 1.54) is 24.0 Å². The molecule has 2 aromatic rings. The fourth-order valence-corrected chi connectivity index (χ4v) is 7.74. The molecule has 0 unspecified atom stereocenters. The number of benzene rings is 2. The van der Waals surface area contributed by atoms with Crippen molar-refractivity contribution in [1.82, 2.24) is 0 Å². The third kappa shape index (κ3) is 7.28. The quantitative estimate of drug-likeness (QED) is 0.451. The molecule has 2 fully saturated rings. The summed E-state index contributed by atoms with van der Waals surface area (Å²) in [4.78, 5) is 0. The minimum absolute atomic E-state index is 0. The fraction of sp³-hybridized carbons (Fsp3) is 0.611. The van der Waals surface area contributed by atoms with Gasteiger partial charge in [-0.25, -0.2) is 0 Å². The second-order valence-electron chi connectivity index (χ2n) is 16.4. The van der Waals surface area contributed by atoms with E-state index in [1.807, 2.05) is 0 Å². The Morgan fingerprint density at radius 1 is 0.595 bits per heavy atom. The SMILES string of the molecule is CC(C)(C)c1cc(C=[N+]2[Mn+][N+](=Cc3cc(C(C)(C)C)cc(C(C)(C)C)c3O)[C@H]3CCCC[C@@H]32)c(O)c(C(C)(C)C)c1.[Cl-]. The summed E-state index contributed by atoms with van der Waals surface area (Å²) in [5.74, 6) is 0.798. The molecule has 0 spiro atoms. The van der Waals surface area contributed by atoms with E-state index in [4.69, 9.17) is 0 Å². The minimum Gasteiger partial charge on any atom is -1.00 e. The topological polar surface area (TPSA) is 46.5 Å². The van der Waals surface area contributed by atoms with Crippen LogP contribution >= 0.6 is 0 Å². The largest absolute Gasteiger partial charge is 1.00 e. The van der Waals surface area contributed by atoms with E-state index in [0.717, 1.165) is 35.1 Å². The normalized spacial score (nSPS) is 21.9. The van der Waals surface area contributed by atoms with Crippen LogP contribution in [-0.4, -0.2) is 41.9 Å². The van der Waals surface area contributed by atoms with Gasteiger partial charge in [-0.2, -0.15) is 0 Å². The van der Waals surface area contributed by atoms with Gasteiger partial charge in [-0.15, -0.1) is 0 Å². The monoisotopic (exact) mass is 636 g/mol. The van der Waals surface area contributed by atoms with Gasteiger partial charge in [0.15, 0.2) is 0 Å². The molecule has 2 N–H and O–H groups in total. The molecular formula is C36H54ClMnN2O2+2. The Balaban J connectivity index is 0.00000484. The predicted octanol–water partition coefficient (Wildman–Crippen LogP) is 5.09. The van der Waals surface area contributed by atoms with E-state index in [-0.39, 0.29) is 34.1 Å². The maximum atomic E-state index is 11.5. The Hall–Kier alpha value is -1.81. The molecule has 1 heterocycles. The fourth-order valence-electron chi connectivity index (χ4n) is 5.90. The van der Waals surface area contributed by atoms with Crippen molar-refractivity contribution in [1.29, 1.82) is 0 Å². The van der Waals surface area contributed by atoms with Crippen LogP contribution in [0.3, 0.4) is 0 Å². The van der Waals surface area contributed by atoms with E-state index in [9.17, 15) is 10.2 Å². The van der Waals surface area contributed by atoms with Crippen LogP contribution < -0.4 is 12.4 Å². The number of aromatic hydroxyl groups is 2. The van der Waals surface area contributed by atoms with Gasteiger partial charge in [0.2, 0.25) is 0 Å². The van der Waals surface area contributed by atoms with Crippen LogP contribution in [0.25, 0.3) is 0 Å². The second-order valence-corrected chi connectivity index (χ2v) is 17.8. The summed E-state index contributed by atoms with van der Waals surface area (Å²) in [7, 11) is 0. The number of hydrogen-bond acceptors (Lipinski definition) is 2. The summed E-state index contributed by atoms with van der Waals surface area (Å²) in [6.45, 7) is 26.5. The number of nitrogens with zero attached hydrogens (tertiary/aromatic N) is 2. The van der Waals surface area contributed by atoms with Gasteiger partial charge in [0.1, 0.15) is 0 Å². The van der Waals surface area contributed by atoms with Crippen molar-refractivity contribution in [2.45, 2.75) is 143 Å². The van der Waals surface area contributed by atoms with Crippen molar-refractivity contribution in [3.05, 3.63) is 57.6 Å². The van der Waals surface area contributed by atoms with Gasteiger partial charge >= 0.3 is 257 Å². The molecule has 1 aliphatic carbocycles. The van der Waals surface area contributed by atoms with Gasteiger partial charge in [0.25, 0.3) is 0 Å². The summed E-state index contributed by atoms with van der Waals surface area (Å²) >= 11 is 0.376. The van der Waals surface area contributed by atoms with Crippen molar-refractivity contribution in [2.75, 3.05) is 0 Å². The van der Waals surface area contributed by atoms with Crippen LogP contribution in [0.15, 0.2) is 24.3 Å². The van der Waals surface area contributed by atoms with E-state index >= 15 is 0 Å². The molecule has 1 aliphatic heterocycles. The van der Waals surface area contributed by atoms with Gasteiger partial charge in [0, 0.05) is 0 Å². The third-order valence-electron chi connectivity index (χ3n) is 8.65. The first-order valence-corrected chi connectivity index (χ1v) is 16.4. The van der Waals surface area contributed by atoms with Gasteiger partial charge in [0.05, 0.1) is 0 Å². The van der Waals surface area contributed by atoms with E-state index in [1.54, 1.807) is 0 Å². The Morgan fingerprint density at radius 2 is 0.929 bits per heavy atom. The maximum absolute atomic E-state index is 11.5. The molecule has 2 aliphatic rings. The number of rotatable bonds is 2. The summed E-state index contributed by atoms with van der Waals surface area (Å²) < 4.78 is 4.96. The zero-order valence-corrected chi connectivity index (χ0v) is 29.9. The van der Waals surface area contributed by atoms with Gasteiger partial charge in [-0.3, -0.25) is 0 Å². The molecule has 0 bridgehead atoms. The van der Waals surface area contributed by atoms with Crippen LogP contribution in [-0.2, 0) is 37.1 Å². The van der Waals surface area contributed by atoms with E-state index in [2.05, 4.69) is 127 Å². The molecule has 232 valence electrons. The molecule has 4 rings (SSSR count). The van der Waals surface area contributed by atoms with Crippen LogP contribution in [0, 0.1) is 0 Å². The van der Waals surface area contributed by atoms with Crippen LogP contribution in [0.5, 0.6) is 11.5 Å². The molecule has 42 heavy (non-hydrogen) atoms. The number of phenols is 2. The molecule has 0 aromatic heterocycles. The molecule has 2 aromatic carbocycles. The van der Waals surface area contributed by atoms with Crippen molar-refractivity contribution in [3.8, 4) is 11.5 Å². The van der Waals surface area contributed by atoms with E-state index < -0.39 is 0 Å². The molecule has 1 saturated heterocycles. The van der Waals surface area contributed by atoms with Gasteiger partial charge in [-0.1, -0.05) is 0 Å². The molecule has 6 heteroatoms. The number of fused-ring (bicyclic) bond motifs is 1. The number of halogens is 1. The molecule has 0 radical (unpaired) electrons. The zero-order valence-electron chi connectivity index (χ0n) is 28.0. The summed E-state index contributed by atoms with van der Waals surface area (Å²) in [6.07, 6.45) is 9.19. The number of phenolic OH excluding ortho intramolecular Hbond substituents is 2. The Morgan fingerprint density at radius 3 is 1.21 bits per heavy atom. The van der Waals surface area contributed by atoms with Crippen LogP contribution in [0.1, 0.15) is 142 Å². The van der Waals surface area contributed by atoms with Gasteiger partial charge < -0.3 is 12.4 Å². The van der Waals surface area contributed by atoms with Crippen molar-refractivity contribution in [3.63, 3.8) is 0 Å². The average molecular weight is 637 g/mol. The molecular weight excluding hydrogens is 583 g/mol. The standard InChI is InChI=1S/C36H54N2O2.ClH.Mn/c1-33(2,3)25-17-23(31(39)27(19-25)35(7,8)9)21-37-29-15-13-14-16-30(29)38-22-24-18-26(34(4,5)6)20-28(32(24)40)36(10,11)12;;/h17-22,29-30,39-40H,13-16H2,1-12H3;1H;/q;;+3/p-1/t29-,30-;;/m0../s1. The molecule has 4 nitrogen and oxygen atoms in total. The summed E-state index contributed by atoms with van der Waals surface area (Å²) in [5.41, 5.74) is 5.97. The second kappa shape index (κ2) is 11.9. The molecule has 2 atom stereocenters. The van der Waals surface area contributed by atoms with E-state index in [0.29, 0.717) is 39.0 Å². The third-order valence-corrected chi connectivity index (χ3v) is 10.3. The first kappa shape index (κ1) is 34.7. The molecule has 1 saturated carbocycles. The predicted molar refractivity (Wildman–Crippen MR) is 168 cm³/mol. The Kier molecular flexibility index (Phi) is 9.86. The smallest absolute Gasteiger partial charge is 1.00 e.